The SMILES string of the molecule is CC(C)(O)c1cc(-c2cncc([C@@]34CC[C@@H](c5cc(-c6c(F)cccc6F)nnc53)C4(C)C)n2)ccn1. The van der Waals surface area contributed by atoms with Gasteiger partial charge < -0.3 is 5.11 Å². The Morgan fingerprint density at radius 2 is 1.76 bits per heavy atom. The lowest BCUT2D eigenvalue weighted by Crippen LogP contribution is -2.38. The van der Waals surface area contributed by atoms with Crippen molar-refractivity contribution in [2.24, 2.45) is 5.41 Å². The third kappa shape index (κ3) is 3.35. The molecular weight excluding hydrogens is 472 g/mol. The van der Waals surface area contributed by atoms with E-state index in [0.29, 0.717) is 11.4 Å². The molecule has 6 nitrogen and oxygen atoms in total. The molecule has 0 spiro atoms. The summed E-state index contributed by atoms with van der Waals surface area (Å²) in [6, 6.07) is 9.27. The average Bonchev–Trinajstić information content (AvgIpc) is 3.24. The Morgan fingerprint density at radius 1 is 1.00 bits per heavy atom. The molecule has 2 atom stereocenters. The molecule has 1 N–H and O–H groups in total. The van der Waals surface area contributed by atoms with Crippen LogP contribution >= 0.6 is 0 Å². The Morgan fingerprint density at radius 3 is 2.49 bits per heavy atom. The second-order valence-corrected chi connectivity index (χ2v) is 11.1. The van der Waals surface area contributed by atoms with Crippen molar-refractivity contribution in [3.63, 3.8) is 0 Å². The van der Waals surface area contributed by atoms with Crippen molar-refractivity contribution >= 4 is 0 Å². The smallest absolute Gasteiger partial charge is 0.135 e. The van der Waals surface area contributed by atoms with Crippen molar-refractivity contribution in [1.82, 2.24) is 25.1 Å². The van der Waals surface area contributed by atoms with Crippen LogP contribution in [0.15, 0.2) is 55.0 Å². The van der Waals surface area contributed by atoms with Crippen molar-refractivity contribution in [3.8, 4) is 22.5 Å². The lowest BCUT2D eigenvalue weighted by atomic mass is 9.66. The first-order valence-corrected chi connectivity index (χ1v) is 12.4. The van der Waals surface area contributed by atoms with Gasteiger partial charge in [-0.15, -0.1) is 5.10 Å². The topological polar surface area (TPSA) is 84.7 Å². The summed E-state index contributed by atoms with van der Waals surface area (Å²) in [7, 11) is 0. The zero-order chi connectivity index (χ0) is 26.2. The van der Waals surface area contributed by atoms with E-state index in [1.807, 2.05) is 12.1 Å². The average molecular weight is 500 g/mol. The van der Waals surface area contributed by atoms with Crippen LogP contribution in [0.5, 0.6) is 0 Å². The van der Waals surface area contributed by atoms with E-state index in [9.17, 15) is 13.9 Å². The predicted molar refractivity (Wildman–Crippen MR) is 134 cm³/mol. The van der Waals surface area contributed by atoms with Crippen LogP contribution in [0.1, 0.15) is 69.1 Å². The standard InChI is InChI=1S/C29H27F2N5O/c1-27(2)18-8-10-29(27,26-17(18)13-21(35-36-26)25-19(30)6-5-7-20(25)31)24-15-32-14-22(34-24)16-9-11-33-23(12-16)28(3,4)37/h5-7,9,11-15,18,37H,8,10H2,1-4H3/t18-,29-/m0/s1. The number of benzene rings is 1. The van der Waals surface area contributed by atoms with Gasteiger partial charge in [0, 0.05) is 18.0 Å². The number of hydrogen-bond donors (Lipinski definition) is 1. The van der Waals surface area contributed by atoms with E-state index >= 15 is 0 Å². The minimum Gasteiger partial charge on any atom is -0.384 e. The molecule has 1 fully saturated rings. The number of hydrogen-bond acceptors (Lipinski definition) is 6. The zero-order valence-corrected chi connectivity index (χ0v) is 21.1. The Kier molecular flexibility index (Phi) is 5.08. The Balaban J connectivity index is 1.49. The number of pyridine rings is 1. The van der Waals surface area contributed by atoms with Gasteiger partial charge in [0.25, 0.3) is 0 Å². The van der Waals surface area contributed by atoms with Crippen LogP contribution < -0.4 is 0 Å². The van der Waals surface area contributed by atoms with Crippen molar-refractivity contribution < 1.29 is 13.9 Å². The molecule has 188 valence electrons. The van der Waals surface area contributed by atoms with Crippen molar-refractivity contribution in [1.29, 1.82) is 0 Å². The van der Waals surface area contributed by atoms with Gasteiger partial charge in [-0.05, 0) is 73.9 Å². The van der Waals surface area contributed by atoms with Crippen LogP contribution in [0.25, 0.3) is 22.5 Å². The van der Waals surface area contributed by atoms with E-state index in [4.69, 9.17) is 4.98 Å². The minimum absolute atomic E-state index is 0.139. The molecule has 2 aliphatic carbocycles. The number of rotatable bonds is 4. The molecule has 1 aromatic carbocycles. The number of halogens is 2. The van der Waals surface area contributed by atoms with Crippen LogP contribution in [-0.2, 0) is 11.0 Å². The van der Waals surface area contributed by atoms with Gasteiger partial charge in [0.05, 0.1) is 45.6 Å². The van der Waals surface area contributed by atoms with Gasteiger partial charge in [-0.2, -0.15) is 5.10 Å². The molecule has 3 aromatic heterocycles. The monoisotopic (exact) mass is 499 g/mol. The second-order valence-electron chi connectivity index (χ2n) is 11.1. The highest BCUT2D eigenvalue weighted by atomic mass is 19.1. The first-order chi connectivity index (χ1) is 17.5. The van der Waals surface area contributed by atoms with Gasteiger partial charge in [-0.3, -0.25) is 9.97 Å². The molecule has 6 rings (SSSR count). The van der Waals surface area contributed by atoms with E-state index in [0.717, 1.165) is 35.4 Å². The van der Waals surface area contributed by atoms with Crippen LogP contribution in [0.3, 0.4) is 0 Å². The van der Waals surface area contributed by atoms with Crippen LogP contribution in [0.2, 0.25) is 0 Å². The fraction of sp³-hybridized carbons (Fsp3) is 0.345. The van der Waals surface area contributed by atoms with Gasteiger partial charge in [0.1, 0.15) is 17.2 Å². The van der Waals surface area contributed by atoms with Crippen molar-refractivity contribution in [2.75, 3.05) is 0 Å². The maximum atomic E-state index is 14.5. The van der Waals surface area contributed by atoms with Crippen LogP contribution in [-0.4, -0.2) is 30.3 Å². The third-order valence-electron chi connectivity index (χ3n) is 8.36. The summed E-state index contributed by atoms with van der Waals surface area (Å²) in [6.07, 6.45) is 6.87. The normalized spacial score (nSPS) is 21.8. The molecule has 2 aliphatic rings. The van der Waals surface area contributed by atoms with Gasteiger partial charge in [0.15, 0.2) is 0 Å². The number of fused-ring (bicyclic) bond motifs is 5. The minimum atomic E-state index is -1.09. The van der Waals surface area contributed by atoms with E-state index in [2.05, 4.69) is 34.0 Å². The summed E-state index contributed by atoms with van der Waals surface area (Å²) in [5, 5.41) is 19.3. The summed E-state index contributed by atoms with van der Waals surface area (Å²) in [5.74, 6) is -1.18. The summed E-state index contributed by atoms with van der Waals surface area (Å²) in [4.78, 5) is 13.9. The van der Waals surface area contributed by atoms with Crippen molar-refractivity contribution in [3.05, 3.63) is 89.3 Å². The van der Waals surface area contributed by atoms with Crippen LogP contribution in [0, 0.1) is 17.0 Å². The van der Waals surface area contributed by atoms with E-state index < -0.39 is 22.7 Å². The molecule has 8 heteroatoms. The molecular formula is C29H27F2N5O. The molecule has 0 amide bonds. The van der Waals surface area contributed by atoms with E-state index in [1.165, 1.54) is 18.2 Å². The van der Waals surface area contributed by atoms with Gasteiger partial charge in [-0.25, -0.2) is 13.8 Å². The molecule has 0 aliphatic heterocycles. The second kappa shape index (κ2) is 7.92. The van der Waals surface area contributed by atoms with E-state index in [-0.39, 0.29) is 22.6 Å². The molecule has 4 aromatic rings. The fourth-order valence-electron chi connectivity index (χ4n) is 6.39. The van der Waals surface area contributed by atoms with Crippen molar-refractivity contribution in [2.45, 2.75) is 57.5 Å². The molecule has 0 radical (unpaired) electrons. The van der Waals surface area contributed by atoms with E-state index in [1.54, 1.807) is 38.5 Å². The maximum absolute atomic E-state index is 14.5. The van der Waals surface area contributed by atoms with Gasteiger partial charge in [-0.1, -0.05) is 19.9 Å². The highest BCUT2D eigenvalue weighted by Gasteiger charge is 2.65. The lowest BCUT2D eigenvalue weighted by molar-refractivity contribution is 0.0739. The zero-order valence-electron chi connectivity index (χ0n) is 21.1. The fourth-order valence-corrected chi connectivity index (χ4v) is 6.39. The highest BCUT2D eigenvalue weighted by molar-refractivity contribution is 5.65. The summed E-state index contributed by atoms with van der Waals surface area (Å²) in [6.45, 7) is 7.78. The Hall–Kier alpha value is -3.65. The predicted octanol–water partition coefficient (Wildman–Crippen LogP) is 5.70. The largest absolute Gasteiger partial charge is 0.384 e. The molecule has 0 unspecified atom stereocenters. The highest BCUT2D eigenvalue weighted by Crippen LogP contribution is 2.69. The molecule has 0 saturated heterocycles. The Bertz CT molecular complexity index is 1530. The summed E-state index contributed by atoms with van der Waals surface area (Å²) < 4.78 is 29.1. The molecule has 2 bridgehead atoms. The molecule has 37 heavy (non-hydrogen) atoms. The first-order valence-electron chi connectivity index (χ1n) is 12.4. The number of nitrogens with zero attached hydrogens (tertiary/aromatic N) is 5. The quantitative estimate of drug-likeness (QED) is 0.388. The molecule has 1 saturated carbocycles. The number of aromatic nitrogens is 5. The summed E-state index contributed by atoms with van der Waals surface area (Å²) in [5.41, 5.74) is 2.72. The van der Waals surface area contributed by atoms with Gasteiger partial charge >= 0.3 is 0 Å². The third-order valence-corrected chi connectivity index (χ3v) is 8.36. The molecule has 3 heterocycles. The van der Waals surface area contributed by atoms with Gasteiger partial charge in [0.2, 0.25) is 0 Å². The van der Waals surface area contributed by atoms with Crippen LogP contribution in [0.4, 0.5) is 8.78 Å². The summed E-state index contributed by atoms with van der Waals surface area (Å²) >= 11 is 0. The first kappa shape index (κ1) is 23.7. The lowest BCUT2D eigenvalue weighted by Gasteiger charge is -2.37. The number of aliphatic hydroxyl groups is 1. The Labute approximate surface area is 213 Å². The maximum Gasteiger partial charge on any atom is 0.135 e.